The van der Waals surface area contributed by atoms with E-state index < -0.39 is 5.82 Å². The summed E-state index contributed by atoms with van der Waals surface area (Å²) in [6.45, 7) is 0. The molecule has 0 atom stereocenters. The molecule has 0 saturated heterocycles. The van der Waals surface area contributed by atoms with E-state index >= 15 is 0 Å². The zero-order valence-electron chi connectivity index (χ0n) is 8.18. The van der Waals surface area contributed by atoms with Gasteiger partial charge in [-0.15, -0.1) is 0 Å². The van der Waals surface area contributed by atoms with Crippen LogP contribution in [-0.4, -0.2) is 9.97 Å². The van der Waals surface area contributed by atoms with Crippen molar-refractivity contribution in [2.45, 2.75) is 0 Å². The Hall–Kier alpha value is -2.48. The fourth-order valence-corrected chi connectivity index (χ4v) is 1.33. The van der Waals surface area contributed by atoms with Gasteiger partial charge in [-0.25, -0.2) is 14.4 Å². The fraction of sp³-hybridized carbons (Fsp3) is 0. The minimum Gasteiger partial charge on any atom is -0.384 e. The molecule has 0 saturated carbocycles. The molecule has 0 spiro atoms. The number of benzene rings is 1. The Morgan fingerprint density at radius 2 is 2.00 bits per heavy atom. The van der Waals surface area contributed by atoms with Gasteiger partial charge in [-0.2, -0.15) is 5.26 Å². The summed E-state index contributed by atoms with van der Waals surface area (Å²) in [4.78, 5) is 7.70. The molecule has 2 N–H and O–H groups in total. The van der Waals surface area contributed by atoms with Crippen molar-refractivity contribution in [1.82, 2.24) is 9.97 Å². The molecule has 0 aliphatic heterocycles. The summed E-state index contributed by atoms with van der Waals surface area (Å²) >= 11 is 0. The van der Waals surface area contributed by atoms with Crippen molar-refractivity contribution in [3.8, 4) is 17.3 Å². The standard InChI is InChI=1S/C11H7FN4/c12-9-2-7(5-13)1-8(3-9)10-4-11(14)16-6-15-10/h1-4,6H,(H2,14,15,16). The molecule has 1 aromatic heterocycles. The van der Waals surface area contributed by atoms with Crippen LogP contribution in [-0.2, 0) is 0 Å². The summed E-state index contributed by atoms with van der Waals surface area (Å²) < 4.78 is 13.2. The molecule has 1 aromatic carbocycles. The minimum absolute atomic E-state index is 0.243. The maximum Gasteiger partial charge on any atom is 0.127 e. The lowest BCUT2D eigenvalue weighted by atomic mass is 10.1. The van der Waals surface area contributed by atoms with Gasteiger partial charge in [-0.1, -0.05) is 0 Å². The largest absolute Gasteiger partial charge is 0.384 e. The Labute approximate surface area is 91.2 Å². The first-order chi connectivity index (χ1) is 7.69. The zero-order valence-corrected chi connectivity index (χ0v) is 8.18. The maximum absolute atomic E-state index is 13.2. The Bertz CT molecular complexity index is 574. The summed E-state index contributed by atoms with van der Waals surface area (Å²) in [5, 5.41) is 8.71. The van der Waals surface area contributed by atoms with E-state index in [4.69, 9.17) is 11.0 Å². The molecule has 0 aliphatic rings. The number of nitriles is 1. The van der Waals surface area contributed by atoms with E-state index in [9.17, 15) is 4.39 Å². The van der Waals surface area contributed by atoms with E-state index in [0.717, 1.165) is 6.07 Å². The average Bonchev–Trinajstić information content (AvgIpc) is 2.28. The van der Waals surface area contributed by atoms with Gasteiger partial charge < -0.3 is 5.73 Å². The van der Waals surface area contributed by atoms with Crippen molar-refractivity contribution in [1.29, 1.82) is 5.26 Å². The van der Waals surface area contributed by atoms with Gasteiger partial charge in [0.05, 0.1) is 17.3 Å². The number of halogens is 1. The number of hydrogen-bond donors (Lipinski definition) is 1. The van der Waals surface area contributed by atoms with E-state index in [1.165, 1.54) is 18.5 Å². The van der Waals surface area contributed by atoms with Gasteiger partial charge in [0.1, 0.15) is 18.0 Å². The van der Waals surface area contributed by atoms with Crippen molar-refractivity contribution in [3.05, 3.63) is 42.0 Å². The Kier molecular flexibility index (Phi) is 2.48. The molecule has 4 nitrogen and oxygen atoms in total. The van der Waals surface area contributed by atoms with Crippen molar-refractivity contribution < 1.29 is 4.39 Å². The predicted octanol–water partition coefficient (Wildman–Crippen LogP) is 1.74. The van der Waals surface area contributed by atoms with Crippen LogP contribution in [0.25, 0.3) is 11.3 Å². The quantitative estimate of drug-likeness (QED) is 0.784. The van der Waals surface area contributed by atoms with Crippen LogP contribution in [0.5, 0.6) is 0 Å². The van der Waals surface area contributed by atoms with Gasteiger partial charge in [0.15, 0.2) is 0 Å². The maximum atomic E-state index is 13.2. The molecule has 0 fully saturated rings. The minimum atomic E-state index is -0.480. The van der Waals surface area contributed by atoms with Crippen molar-refractivity contribution >= 4 is 5.82 Å². The lowest BCUT2D eigenvalue weighted by Gasteiger charge is -2.02. The second-order valence-electron chi connectivity index (χ2n) is 3.17. The van der Waals surface area contributed by atoms with Gasteiger partial charge in [-0.3, -0.25) is 0 Å². The monoisotopic (exact) mass is 214 g/mol. The summed E-state index contributed by atoms with van der Waals surface area (Å²) in [7, 11) is 0. The van der Waals surface area contributed by atoms with Crippen LogP contribution in [0, 0.1) is 17.1 Å². The van der Waals surface area contributed by atoms with Crippen LogP contribution >= 0.6 is 0 Å². The van der Waals surface area contributed by atoms with Crippen molar-refractivity contribution in [2.24, 2.45) is 0 Å². The van der Waals surface area contributed by atoms with Gasteiger partial charge in [0.25, 0.3) is 0 Å². The summed E-state index contributed by atoms with van der Waals surface area (Å²) in [5.41, 5.74) is 6.73. The summed E-state index contributed by atoms with van der Waals surface area (Å²) in [5.74, 6) is -0.181. The molecule has 0 aliphatic carbocycles. The van der Waals surface area contributed by atoms with Gasteiger partial charge in [-0.05, 0) is 18.2 Å². The number of nitrogen functional groups attached to an aromatic ring is 1. The molecule has 1 heterocycles. The van der Waals surface area contributed by atoms with E-state index in [0.29, 0.717) is 17.1 Å². The number of anilines is 1. The number of nitrogens with two attached hydrogens (primary N) is 1. The Morgan fingerprint density at radius 3 is 2.69 bits per heavy atom. The third kappa shape index (κ3) is 1.96. The van der Waals surface area contributed by atoms with Crippen LogP contribution in [0.4, 0.5) is 10.2 Å². The molecule has 2 aromatic rings. The van der Waals surface area contributed by atoms with Crippen LogP contribution < -0.4 is 5.73 Å². The number of aromatic nitrogens is 2. The Balaban J connectivity index is 2.56. The highest BCUT2D eigenvalue weighted by atomic mass is 19.1. The number of hydrogen-bond acceptors (Lipinski definition) is 4. The van der Waals surface area contributed by atoms with Crippen LogP contribution in [0.2, 0.25) is 0 Å². The molecule has 2 rings (SSSR count). The van der Waals surface area contributed by atoms with Crippen LogP contribution in [0.3, 0.4) is 0 Å². The molecule has 0 radical (unpaired) electrons. The Morgan fingerprint density at radius 1 is 1.19 bits per heavy atom. The SMILES string of the molecule is N#Cc1cc(F)cc(-c2cc(N)ncn2)c1. The van der Waals surface area contributed by atoms with E-state index in [1.54, 1.807) is 6.07 Å². The van der Waals surface area contributed by atoms with Crippen LogP contribution in [0.1, 0.15) is 5.56 Å². The number of rotatable bonds is 1. The lowest BCUT2D eigenvalue weighted by Crippen LogP contribution is -1.93. The zero-order chi connectivity index (χ0) is 11.5. The van der Waals surface area contributed by atoms with Crippen molar-refractivity contribution in [2.75, 3.05) is 5.73 Å². The fourth-order valence-electron chi connectivity index (χ4n) is 1.33. The molecular weight excluding hydrogens is 207 g/mol. The summed E-state index contributed by atoms with van der Waals surface area (Å²) in [6.07, 6.45) is 1.29. The third-order valence-electron chi connectivity index (χ3n) is 2.01. The average molecular weight is 214 g/mol. The highest BCUT2D eigenvalue weighted by Crippen LogP contribution is 2.20. The van der Waals surface area contributed by atoms with Gasteiger partial charge >= 0.3 is 0 Å². The third-order valence-corrected chi connectivity index (χ3v) is 2.01. The second-order valence-corrected chi connectivity index (χ2v) is 3.17. The highest BCUT2D eigenvalue weighted by Gasteiger charge is 2.04. The number of nitrogens with zero attached hydrogens (tertiary/aromatic N) is 3. The van der Waals surface area contributed by atoms with Crippen LogP contribution in [0.15, 0.2) is 30.6 Å². The molecule has 0 bridgehead atoms. The highest BCUT2D eigenvalue weighted by molar-refractivity contribution is 5.63. The summed E-state index contributed by atoms with van der Waals surface area (Å²) in [6, 6.07) is 7.40. The van der Waals surface area contributed by atoms with Crippen molar-refractivity contribution in [3.63, 3.8) is 0 Å². The van der Waals surface area contributed by atoms with Gasteiger partial charge in [0.2, 0.25) is 0 Å². The molecule has 5 heteroatoms. The first-order valence-corrected chi connectivity index (χ1v) is 4.47. The smallest absolute Gasteiger partial charge is 0.127 e. The van der Waals surface area contributed by atoms with E-state index in [1.807, 2.05) is 6.07 Å². The normalized spacial score (nSPS) is 9.75. The van der Waals surface area contributed by atoms with E-state index in [2.05, 4.69) is 9.97 Å². The predicted molar refractivity (Wildman–Crippen MR) is 56.6 cm³/mol. The molecular formula is C11H7FN4. The second kappa shape index (κ2) is 3.95. The molecule has 0 amide bonds. The first-order valence-electron chi connectivity index (χ1n) is 4.47. The first kappa shape index (κ1) is 10.1. The lowest BCUT2D eigenvalue weighted by molar-refractivity contribution is 0.628. The molecule has 0 unspecified atom stereocenters. The van der Waals surface area contributed by atoms with Gasteiger partial charge in [0, 0.05) is 11.6 Å². The molecule has 78 valence electrons. The van der Waals surface area contributed by atoms with E-state index in [-0.39, 0.29) is 5.56 Å². The topological polar surface area (TPSA) is 75.6 Å². The molecule has 16 heavy (non-hydrogen) atoms.